The number of rotatable bonds is 3. The number of nitriles is 1. The number of halogens is 1. The monoisotopic (exact) mass is 180 g/mol. The molecule has 0 saturated carbocycles. The van der Waals surface area contributed by atoms with Gasteiger partial charge in [-0.15, -0.1) is 0 Å². The van der Waals surface area contributed by atoms with Gasteiger partial charge < -0.3 is 5.32 Å². The number of aromatic nitrogens is 2. The maximum atomic E-state index is 12.1. The highest BCUT2D eigenvalue weighted by Crippen LogP contribution is 2.02. The van der Waals surface area contributed by atoms with E-state index in [2.05, 4.69) is 15.3 Å². The van der Waals surface area contributed by atoms with Crippen molar-refractivity contribution in [2.75, 3.05) is 12.0 Å². The number of nitrogens with one attached hydrogen (secondary N) is 1. The van der Waals surface area contributed by atoms with E-state index in [0.717, 1.165) is 0 Å². The third-order valence-electron chi connectivity index (χ3n) is 1.39. The SMILES string of the molecule is CC(CF)Nc1cnc(C#N)cn1. The summed E-state index contributed by atoms with van der Waals surface area (Å²) >= 11 is 0. The van der Waals surface area contributed by atoms with Gasteiger partial charge in [0.05, 0.1) is 18.4 Å². The lowest BCUT2D eigenvalue weighted by molar-refractivity contribution is 0.459. The second kappa shape index (κ2) is 4.36. The third kappa shape index (κ3) is 2.67. The van der Waals surface area contributed by atoms with Gasteiger partial charge in [0.1, 0.15) is 18.6 Å². The molecule has 0 spiro atoms. The van der Waals surface area contributed by atoms with Crippen molar-refractivity contribution in [3.63, 3.8) is 0 Å². The normalized spacial score (nSPS) is 11.8. The van der Waals surface area contributed by atoms with Crippen LogP contribution in [0.5, 0.6) is 0 Å². The Morgan fingerprint density at radius 1 is 1.62 bits per heavy atom. The number of hydrogen-bond acceptors (Lipinski definition) is 4. The Kier molecular flexibility index (Phi) is 3.15. The van der Waals surface area contributed by atoms with Crippen LogP contribution in [0.2, 0.25) is 0 Å². The predicted octanol–water partition coefficient (Wildman–Crippen LogP) is 1.12. The first kappa shape index (κ1) is 9.39. The molecule has 1 N–H and O–H groups in total. The quantitative estimate of drug-likeness (QED) is 0.757. The minimum Gasteiger partial charge on any atom is -0.364 e. The summed E-state index contributed by atoms with van der Waals surface area (Å²) in [4.78, 5) is 7.65. The summed E-state index contributed by atoms with van der Waals surface area (Å²) in [6.45, 7) is 1.22. The molecule has 0 aliphatic heterocycles. The minimum atomic E-state index is -0.471. The van der Waals surface area contributed by atoms with Crippen LogP contribution in [0, 0.1) is 11.3 Å². The van der Waals surface area contributed by atoms with E-state index in [9.17, 15) is 4.39 Å². The maximum absolute atomic E-state index is 12.1. The molecule has 13 heavy (non-hydrogen) atoms. The maximum Gasteiger partial charge on any atom is 0.158 e. The zero-order chi connectivity index (χ0) is 9.68. The number of hydrogen-bond donors (Lipinski definition) is 1. The summed E-state index contributed by atoms with van der Waals surface area (Å²) in [5.74, 6) is 0.476. The van der Waals surface area contributed by atoms with Gasteiger partial charge >= 0.3 is 0 Å². The number of anilines is 1. The molecule has 0 saturated heterocycles. The molecule has 1 unspecified atom stereocenters. The fraction of sp³-hybridized carbons (Fsp3) is 0.375. The molecule has 0 amide bonds. The lowest BCUT2D eigenvalue weighted by Gasteiger charge is -2.08. The molecule has 0 aliphatic carbocycles. The van der Waals surface area contributed by atoms with E-state index in [1.165, 1.54) is 12.4 Å². The van der Waals surface area contributed by atoms with Crippen LogP contribution < -0.4 is 5.32 Å². The van der Waals surface area contributed by atoms with E-state index >= 15 is 0 Å². The highest BCUT2D eigenvalue weighted by atomic mass is 19.1. The molecule has 1 aromatic rings. The summed E-state index contributed by atoms with van der Waals surface area (Å²) in [5.41, 5.74) is 0.249. The van der Waals surface area contributed by atoms with Crippen molar-refractivity contribution >= 4 is 5.82 Å². The summed E-state index contributed by atoms with van der Waals surface area (Å²) in [6.07, 6.45) is 2.75. The van der Waals surface area contributed by atoms with Crippen molar-refractivity contribution in [3.8, 4) is 6.07 Å². The third-order valence-corrected chi connectivity index (χ3v) is 1.39. The Bertz CT molecular complexity index is 303. The van der Waals surface area contributed by atoms with Gasteiger partial charge in [0, 0.05) is 0 Å². The van der Waals surface area contributed by atoms with Gasteiger partial charge in [-0.1, -0.05) is 0 Å². The predicted molar refractivity (Wildman–Crippen MR) is 45.8 cm³/mol. The highest BCUT2D eigenvalue weighted by molar-refractivity contribution is 5.33. The molecule has 1 heterocycles. The smallest absolute Gasteiger partial charge is 0.158 e. The standard InChI is InChI=1S/C8H9FN4/c1-6(2-9)13-8-5-11-7(3-10)4-12-8/h4-6H,2H2,1H3,(H,12,13). The fourth-order valence-electron chi connectivity index (χ4n) is 0.751. The van der Waals surface area contributed by atoms with Crippen LogP contribution in [0.4, 0.5) is 10.2 Å². The van der Waals surface area contributed by atoms with Gasteiger partial charge in [0.15, 0.2) is 5.69 Å². The van der Waals surface area contributed by atoms with Crippen LogP contribution in [0.25, 0.3) is 0 Å². The average molecular weight is 180 g/mol. The Balaban J connectivity index is 2.65. The van der Waals surface area contributed by atoms with Crippen LogP contribution in [-0.2, 0) is 0 Å². The lowest BCUT2D eigenvalue weighted by Crippen LogP contribution is -2.17. The summed E-state index contributed by atoms with van der Waals surface area (Å²) in [5, 5.41) is 11.2. The van der Waals surface area contributed by atoms with Crippen LogP contribution in [0.3, 0.4) is 0 Å². The lowest BCUT2D eigenvalue weighted by atomic mass is 10.4. The average Bonchev–Trinajstić information content (AvgIpc) is 2.19. The topological polar surface area (TPSA) is 61.6 Å². The molecule has 0 fully saturated rings. The second-order valence-electron chi connectivity index (χ2n) is 2.60. The molecule has 68 valence electrons. The first-order valence-electron chi connectivity index (χ1n) is 3.81. The number of nitrogens with zero attached hydrogens (tertiary/aromatic N) is 3. The zero-order valence-corrected chi connectivity index (χ0v) is 7.16. The van der Waals surface area contributed by atoms with Gasteiger partial charge in [-0.2, -0.15) is 5.26 Å². The van der Waals surface area contributed by atoms with Gasteiger partial charge in [-0.05, 0) is 6.92 Å². The molecule has 1 aromatic heterocycles. The molecule has 0 aromatic carbocycles. The summed E-state index contributed by atoms with van der Waals surface area (Å²) in [7, 11) is 0. The van der Waals surface area contributed by atoms with Crippen LogP contribution in [-0.4, -0.2) is 22.7 Å². The molecular formula is C8H9FN4. The van der Waals surface area contributed by atoms with Gasteiger partial charge in [0.25, 0.3) is 0 Å². The molecule has 1 atom stereocenters. The molecular weight excluding hydrogens is 171 g/mol. The van der Waals surface area contributed by atoms with Crippen molar-refractivity contribution < 1.29 is 4.39 Å². The number of alkyl halides is 1. The van der Waals surface area contributed by atoms with Gasteiger partial charge in [-0.25, -0.2) is 14.4 Å². The van der Waals surface area contributed by atoms with Crippen molar-refractivity contribution in [1.82, 2.24) is 9.97 Å². The Morgan fingerprint density at radius 2 is 2.38 bits per heavy atom. The van der Waals surface area contributed by atoms with Crippen LogP contribution in [0.15, 0.2) is 12.4 Å². The van der Waals surface area contributed by atoms with Gasteiger partial charge in [-0.3, -0.25) is 0 Å². The van der Waals surface area contributed by atoms with Crippen molar-refractivity contribution in [2.45, 2.75) is 13.0 Å². The molecule has 1 rings (SSSR count). The summed E-state index contributed by atoms with van der Waals surface area (Å²) in [6, 6.07) is 1.56. The van der Waals surface area contributed by atoms with Crippen molar-refractivity contribution in [1.29, 1.82) is 5.26 Å². The van der Waals surface area contributed by atoms with E-state index in [0.29, 0.717) is 5.82 Å². The molecule has 0 bridgehead atoms. The van der Waals surface area contributed by atoms with E-state index in [-0.39, 0.29) is 11.7 Å². The zero-order valence-electron chi connectivity index (χ0n) is 7.16. The van der Waals surface area contributed by atoms with E-state index in [1.807, 2.05) is 6.07 Å². The second-order valence-corrected chi connectivity index (χ2v) is 2.60. The van der Waals surface area contributed by atoms with Crippen molar-refractivity contribution in [3.05, 3.63) is 18.1 Å². The first-order valence-corrected chi connectivity index (χ1v) is 3.81. The largest absolute Gasteiger partial charge is 0.364 e. The van der Waals surface area contributed by atoms with Crippen LogP contribution >= 0.6 is 0 Å². The Hall–Kier alpha value is -1.70. The van der Waals surface area contributed by atoms with E-state index in [4.69, 9.17) is 5.26 Å². The Labute approximate surface area is 75.4 Å². The molecule has 0 aliphatic rings. The van der Waals surface area contributed by atoms with Crippen molar-refractivity contribution in [2.24, 2.45) is 0 Å². The van der Waals surface area contributed by atoms with Crippen LogP contribution in [0.1, 0.15) is 12.6 Å². The fourth-order valence-corrected chi connectivity index (χ4v) is 0.751. The molecule has 0 radical (unpaired) electrons. The van der Waals surface area contributed by atoms with E-state index in [1.54, 1.807) is 6.92 Å². The summed E-state index contributed by atoms with van der Waals surface area (Å²) < 4.78 is 12.1. The van der Waals surface area contributed by atoms with E-state index < -0.39 is 6.67 Å². The minimum absolute atomic E-state index is 0.249. The first-order chi connectivity index (χ1) is 6.26. The van der Waals surface area contributed by atoms with Gasteiger partial charge in [0.2, 0.25) is 0 Å². The molecule has 4 nitrogen and oxygen atoms in total. The Morgan fingerprint density at radius 3 is 2.85 bits per heavy atom. The molecule has 5 heteroatoms. The highest BCUT2D eigenvalue weighted by Gasteiger charge is 2.01.